The molecule has 0 rings (SSSR count). The maximum atomic E-state index is 11.5. The molecule has 0 aromatic carbocycles. The smallest absolute Gasteiger partial charge is 0.157 e. The van der Waals surface area contributed by atoms with Crippen molar-refractivity contribution in [3.63, 3.8) is 0 Å². The summed E-state index contributed by atoms with van der Waals surface area (Å²) in [7, 11) is 0. The van der Waals surface area contributed by atoms with E-state index in [1.165, 1.54) is 103 Å². The third-order valence-electron chi connectivity index (χ3n) is 7.14. The van der Waals surface area contributed by atoms with Gasteiger partial charge in [0.05, 0.1) is 12.2 Å². The fourth-order valence-electron chi connectivity index (χ4n) is 4.72. The van der Waals surface area contributed by atoms with Crippen LogP contribution >= 0.6 is 0 Å². The second kappa shape index (κ2) is 25.4. The summed E-state index contributed by atoms with van der Waals surface area (Å²) < 4.78 is 0. The Morgan fingerprint density at radius 3 is 1.41 bits per heavy atom. The molecule has 0 amide bonds. The Labute approximate surface area is 213 Å². The molecule has 0 radical (unpaired) electrons. The summed E-state index contributed by atoms with van der Waals surface area (Å²) in [6.45, 7) is 6.03. The molecule has 34 heavy (non-hydrogen) atoms. The lowest BCUT2D eigenvalue weighted by Gasteiger charge is -2.15. The van der Waals surface area contributed by atoms with E-state index in [2.05, 4.69) is 6.92 Å². The van der Waals surface area contributed by atoms with Crippen LogP contribution in [0.1, 0.15) is 168 Å². The normalized spacial score (nSPS) is 13.9. The molecule has 0 fully saturated rings. The fraction of sp³-hybridized carbons (Fsp3) is 0.903. The Hall–Kier alpha value is -0.670. The number of aliphatic hydroxyl groups is 2. The third-order valence-corrected chi connectivity index (χ3v) is 7.14. The van der Waals surface area contributed by atoms with Crippen molar-refractivity contribution < 1.29 is 15.0 Å². The van der Waals surface area contributed by atoms with Crippen LogP contribution in [-0.4, -0.2) is 28.2 Å². The third kappa shape index (κ3) is 23.1. The van der Waals surface area contributed by atoms with E-state index in [0.29, 0.717) is 19.3 Å². The van der Waals surface area contributed by atoms with E-state index in [1.54, 1.807) is 0 Å². The standard InChI is InChI=1S/C31H60O3/c1-4-6-7-8-9-10-11-12-13-14-15-16-17-18-19-20-21-25-29(32)27-30(33)26-23-22-24-28(3)31(34)5-2/h24,29-30,32-33H,4-23,25-27H2,1-3H3/b28-24+/t29-,30-/m1/s1. The van der Waals surface area contributed by atoms with E-state index < -0.39 is 6.10 Å². The zero-order chi connectivity index (χ0) is 25.3. The summed E-state index contributed by atoms with van der Waals surface area (Å²) in [6, 6.07) is 0. The molecular formula is C31H60O3. The highest BCUT2D eigenvalue weighted by Gasteiger charge is 2.11. The van der Waals surface area contributed by atoms with Gasteiger partial charge in [-0.25, -0.2) is 0 Å². The number of rotatable bonds is 26. The van der Waals surface area contributed by atoms with Gasteiger partial charge in [-0.15, -0.1) is 0 Å². The van der Waals surface area contributed by atoms with Crippen molar-refractivity contribution in [1.29, 1.82) is 0 Å². The molecule has 0 aliphatic carbocycles. The van der Waals surface area contributed by atoms with Gasteiger partial charge >= 0.3 is 0 Å². The van der Waals surface area contributed by atoms with Crippen molar-refractivity contribution in [3.8, 4) is 0 Å². The molecule has 0 bridgehead atoms. The van der Waals surface area contributed by atoms with Gasteiger partial charge in [0.15, 0.2) is 5.78 Å². The molecule has 3 heteroatoms. The van der Waals surface area contributed by atoms with Gasteiger partial charge in [0.1, 0.15) is 0 Å². The molecular weight excluding hydrogens is 420 g/mol. The molecule has 0 aliphatic heterocycles. The van der Waals surface area contributed by atoms with Crippen molar-refractivity contribution in [2.75, 3.05) is 0 Å². The van der Waals surface area contributed by atoms with Crippen molar-refractivity contribution in [2.24, 2.45) is 0 Å². The van der Waals surface area contributed by atoms with Crippen LogP contribution in [0.25, 0.3) is 0 Å². The molecule has 0 spiro atoms. The van der Waals surface area contributed by atoms with E-state index >= 15 is 0 Å². The summed E-state index contributed by atoms with van der Waals surface area (Å²) in [5.41, 5.74) is 0.829. The minimum absolute atomic E-state index is 0.199. The molecule has 0 aromatic rings. The molecule has 0 saturated carbocycles. The molecule has 3 nitrogen and oxygen atoms in total. The van der Waals surface area contributed by atoms with Gasteiger partial charge in [-0.1, -0.05) is 129 Å². The average molecular weight is 481 g/mol. The highest BCUT2D eigenvalue weighted by molar-refractivity contribution is 5.94. The van der Waals surface area contributed by atoms with E-state index in [1.807, 2.05) is 19.9 Å². The van der Waals surface area contributed by atoms with Crippen molar-refractivity contribution in [3.05, 3.63) is 11.6 Å². The topological polar surface area (TPSA) is 57.5 Å². The van der Waals surface area contributed by atoms with Gasteiger partial charge in [0, 0.05) is 6.42 Å². The number of carbonyl (C=O) groups excluding carboxylic acids is 1. The molecule has 0 aromatic heterocycles. The predicted octanol–water partition coefficient (Wildman–Crippen LogP) is 9.24. The maximum Gasteiger partial charge on any atom is 0.157 e. The SMILES string of the molecule is CCCCCCCCCCCCCCCCCCC[C@@H](O)C[C@H](O)CCC/C=C(\C)C(=O)CC. The lowest BCUT2D eigenvalue weighted by Crippen LogP contribution is -2.17. The number of hydrogen-bond acceptors (Lipinski definition) is 3. The molecule has 202 valence electrons. The van der Waals surface area contributed by atoms with Crippen LogP contribution in [0.15, 0.2) is 11.6 Å². The number of allylic oxidation sites excluding steroid dienone is 2. The van der Waals surface area contributed by atoms with Gasteiger partial charge in [-0.3, -0.25) is 4.79 Å². The van der Waals surface area contributed by atoms with Crippen LogP contribution < -0.4 is 0 Å². The average Bonchev–Trinajstić information content (AvgIpc) is 2.83. The lowest BCUT2D eigenvalue weighted by atomic mass is 10.00. The molecule has 2 N–H and O–H groups in total. The quantitative estimate of drug-likeness (QED) is 0.0957. The minimum atomic E-state index is -0.434. The number of aliphatic hydroxyl groups excluding tert-OH is 2. The highest BCUT2D eigenvalue weighted by atomic mass is 16.3. The highest BCUT2D eigenvalue weighted by Crippen LogP contribution is 2.16. The van der Waals surface area contributed by atoms with Crippen LogP contribution in [0.4, 0.5) is 0 Å². The first-order chi connectivity index (χ1) is 16.5. The van der Waals surface area contributed by atoms with Gasteiger partial charge in [0.25, 0.3) is 0 Å². The predicted molar refractivity (Wildman–Crippen MR) is 148 cm³/mol. The number of ketones is 1. The lowest BCUT2D eigenvalue weighted by molar-refractivity contribution is -0.115. The van der Waals surface area contributed by atoms with Crippen molar-refractivity contribution >= 4 is 5.78 Å². The van der Waals surface area contributed by atoms with Crippen LogP contribution in [0, 0.1) is 0 Å². The summed E-state index contributed by atoms with van der Waals surface area (Å²) in [4.78, 5) is 11.5. The zero-order valence-corrected chi connectivity index (χ0v) is 23.3. The summed E-state index contributed by atoms with van der Waals surface area (Å²) in [5, 5.41) is 20.3. The Morgan fingerprint density at radius 2 is 1.00 bits per heavy atom. The van der Waals surface area contributed by atoms with E-state index in [-0.39, 0.29) is 11.9 Å². The Bertz CT molecular complexity index is 471. The Kier molecular flexibility index (Phi) is 24.9. The Balaban J connectivity index is 3.38. The molecule has 2 atom stereocenters. The molecule has 0 heterocycles. The monoisotopic (exact) mass is 480 g/mol. The van der Waals surface area contributed by atoms with E-state index in [9.17, 15) is 15.0 Å². The van der Waals surface area contributed by atoms with Crippen LogP contribution in [-0.2, 0) is 4.79 Å². The van der Waals surface area contributed by atoms with Crippen molar-refractivity contribution in [2.45, 2.75) is 181 Å². The first-order valence-corrected chi connectivity index (χ1v) is 15.1. The number of carbonyl (C=O) groups is 1. The number of unbranched alkanes of at least 4 members (excludes halogenated alkanes) is 17. The second-order valence-electron chi connectivity index (χ2n) is 10.6. The molecule has 0 saturated heterocycles. The Morgan fingerprint density at radius 1 is 0.618 bits per heavy atom. The van der Waals surface area contributed by atoms with Crippen LogP contribution in [0.2, 0.25) is 0 Å². The van der Waals surface area contributed by atoms with Gasteiger partial charge in [-0.2, -0.15) is 0 Å². The largest absolute Gasteiger partial charge is 0.393 e. The number of hydrogen-bond donors (Lipinski definition) is 2. The summed E-state index contributed by atoms with van der Waals surface area (Å²) in [6.07, 6.45) is 28.6. The first kappa shape index (κ1) is 33.3. The van der Waals surface area contributed by atoms with Crippen LogP contribution in [0.3, 0.4) is 0 Å². The summed E-state index contributed by atoms with van der Waals surface area (Å²) in [5.74, 6) is 0.199. The van der Waals surface area contributed by atoms with Crippen molar-refractivity contribution in [1.82, 2.24) is 0 Å². The molecule has 0 unspecified atom stereocenters. The van der Waals surface area contributed by atoms with Crippen LogP contribution in [0.5, 0.6) is 0 Å². The van der Waals surface area contributed by atoms with Gasteiger partial charge < -0.3 is 10.2 Å². The first-order valence-electron chi connectivity index (χ1n) is 15.1. The summed E-state index contributed by atoms with van der Waals surface area (Å²) >= 11 is 0. The second-order valence-corrected chi connectivity index (χ2v) is 10.6. The van der Waals surface area contributed by atoms with Gasteiger partial charge in [0.2, 0.25) is 0 Å². The number of Topliss-reactive ketones (excluding diaryl/α,β-unsaturated/α-hetero) is 1. The zero-order valence-electron chi connectivity index (χ0n) is 23.3. The van der Waals surface area contributed by atoms with E-state index in [0.717, 1.165) is 31.3 Å². The maximum absolute atomic E-state index is 11.5. The fourth-order valence-corrected chi connectivity index (χ4v) is 4.72. The molecule has 0 aliphatic rings. The van der Waals surface area contributed by atoms with E-state index in [4.69, 9.17) is 0 Å². The van der Waals surface area contributed by atoms with Gasteiger partial charge in [-0.05, 0) is 44.6 Å². The minimum Gasteiger partial charge on any atom is -0.393 e.